The number of amides is 1. The molecule has 0 aromatic rings. The summed E-state index contributed by atoms with van der Waals surface area (Å²) >= 11 is 0. The van der Waals surface area contributed by atoms with Gasteiger partial charge >= 0.3 is 0 Å². The highest BCUT2D eigenvalue weighted by molar-refractivity contribution is 5.74. The van der Waals surface area contributed by atoms with E-state index in [4.69, 9.17) is 10.6 Å². The van der Waals surface area contributed by atoms with E-state index in [1.807, 2.05) is 0 Å². The van der Waals surface area contributed by atoms with E-state index in [0.717, 1.165) is 12.8 Å². The lowest BCUT2D eigenvalue weighted by molar-refractivity contribution is -0.121. The van der Waals surface area contributed by atoms with Crippen LogP contribution in [0, 0.1) is 0 Å². The molecule has 0 rings (SSSR count). The highest BCUT2D eigenvalue weighted by Crippen LogP contribution is 1.93. The van der Waals surface area contributed by atoms with Gasteiger partial charge in [0.05, 0.1) is 0 Å². The number of hydrogen-bond donors (Lipinski definition) is 2. The minimum absolute atomic E-state index is 0.115. The number of ether oxygens (including phenoxy) is 1. The monoisotopic (exact) mass is 146 g/mol. The number of hydrazine groups is 1. The maximum Gasteiger partial charge on any atom is 0.233 e. The molecule has 0 fully saturated rings. The van der Waals surface area contributed by atoms with Gasteiger partial charge in [0.1, 0.15) is 0 Å². The molecule has 0 heterocycles. The molecule has 0 bridgehead atoms. The third-order valence-electron chi connectivity index (χ3n) is 1.16. The summed E-state index contributed by atoms with van der Waals surface area (Å²) in [4.78, 5) is 10.5. The fourth-order valence-electron chi connectivity index (χ4n) is 0.604. The number of hydrogen-bond acceptors (Lipinski definition) is 3. The van der Waals surface area contributed by atoms with E-state index in [0.29, 0.717) is 13.0 Å². The van der Waals surface area contributed by atoms with E-state index in [2.05, 4.69) is 5.43 Å². The van der Waals surface area contributed by atoms with Crippen LogP contribution in [0.25, 0.3) is 0 Å². The van der Waals surface area contributed by atoms with Crippen LogP contribution in [0.4, 0.5) is 0 Å². The van der Waals surface area contributed by atoms with Crippen LogP contribution in [-0.4, -0.2) is 19.6 Å². The molecule has 10 heavy (non-hydrogen) atoms. The first-order valence-corrected chi connectivity index (χ1v) is 3.29. The zero-order chi connectivity index (χ0) is 7.82. The Morgan fingerprint density at radius 3 is 2.80 bits per heavy atom. The summed E-state index contributed by atoms with van der Waals surface area (Å²) in [6.45, 7) is 0.706. The summed E-state index contributed by atoms with van der Waals surface area (Å²) < 4.78 is 4.79. The topological polar surface area (TPSA) is 64.3 Å². The SMILES string of the molecule is COCCCCC(=O)NN. The van der Waals surface area contributed by atoms with Crippen LogP contribution >= 0.6 is 0 Å². The molecule has 0 aromatic carbocycles. The van der Waals surface area contributed by atoms with Gasteiger partial charge in [-0.05, 0) is 12.8 Å². The molecule has 0 unspecified atom stereocenters. The number of carbonyl (C=O) groups excluding carboxylic acids is 1. The third kappa shape index (κ3) is 5.53. The standard InChI is InChI=1S/C6H14N2O2/c1-10-5-3-2-4-6(9)8-7/h2-5,7H2,1H3,(H,8,9). The van der Waals surface area contributed by atoms with Gasteiger partial charge in [-0.2, -0.15) is 0 Å². The van der Waals surface area contributed by atoms with Gasteiger partial charge < -0.3 is 4.74 Å². The third-order valence-corrected chi connectivity index (χ3v) is 1.16. The molecule has 4 nitrogen and oxygen atoms in total. The second-order valence-electron chi connectivity index (χ2n) is 2.02. The van der Waals surface area contributed by atoms with Gasteiger partial charge in [0, 0.05) is 20.1 Å². The van der Waals surface area contributed by atoms with Gasteiger partial charge in [0.15, 0.2) is 0 Å². The summed E-state index contributed by atoms with van der Waals surface area (Å²) in [7, 11) is 1.64. The van der Waals surface area contributed by atoms with Crippen molar-refractivity contribution in [1.82, 2.24) is 5.43 Å². The second-order valence-corrected chi connectivity index (χ2v) is 2.02. The van der Waals surface area contributed by atoms with Crippen LogP contribution < -0.4 is 11.3 Å². The number of rotatable bonds is 5. The average molecular weight is 146 g/mol. The van der Waals surface area contributed by atoms with Gasteiger partial charge in [-0.1, -0.05) is 0 Å². The molecule has 1 amide bonds. The number of unbranched alkanes of at least 4 members (excludes halogenated alkanes) is 1. The van der Waals surface area contributed by atoms with Crippen molar-refractivity contribution in [1.29, 1.82) is 0 Å². The molecule has 60 valence electrons. The zero-order valence-electron chi connectivity index (χ0n) is 6.22. The molecular weight excluding hydrogens is 132 g/mol. The molecule has 0 atom stereocenters. The molecule has 0 aliphatic rings. The van der Waals surface area contributed by atoms with Crippen LogP contribution in [0.3, 0.4) is 0 Å². The van der Waals surface area contributed by atoms with Crippen molar-refractivity contribution in [2.75, 3.05) is 13.7 Å². The molecule has 0 spiro atoms. The van der Waals surface area contributed by atoms with E-state index in [1.165, 1.54) is 0 Å². The fourth-order valence-corrected chi connectivity index (χ4v) is 0.604. The maximum absolute atomic E-state index is 10.5. The number of carbonyl (C=O) groups is 1. The molecule has 0 aliphatic heterocycles. The van der Waals surface area contributed by atoms with Gasteiger partial charge in [-0.15, -0.1) is 0 Å². The normalized spacial score (nSPS) is 9.40. The fraction of sp³-hybridized carbons (Fsp3) is 0.833. The first-order chi connectivity index (χ1) is 4.81. The van der Waals surface area contributed by atoms with E-state index < -0.39 is 0 Å². The molecule has 0 saturated heterocycles. The quantitative estimate of drug-likeness (QED) is 0.244. The Kier molecular flexibility index (Phi) is 6.11. The molecule has 0 aliphatic carbocycles. The Balaban J connectivity index is 2.96. The smallest absolute Gasteiger partial charge is 0.233 e. The molecule has 4 heteroatoms. The second kappa shape index (κ2) is 6.51. The summed E-state index contributed by atoms with van der Waals surface area (Å²) in [6, 6.07) is 0. The number of nitrogens with one attached hydrogen (secondary N) is 1. The minimum Gasteiger partial charge on any atom is -0.385 e. The Hall–Kier alpha value is -0.610. The minimum atomic E-state index is -0.115. The lowest BCUT2D eigenvalue weighted by Crippen LogP contribution is -2.29. The maximum atomic E-state index is 10.5. The zero-order valence-corrected chi connectivity index (χ0v) is 6.22. The highest BCUT2D eigenvalue weighted by Gasteiger charge is 1.95. The Bertz CT molecular complexity index is 95.7. The lowest BCUT2D eigenvalue weighted by atomic mass is 10.2. The van der Waals surface area contributed by atoms with E-state index in [-0.39, 0.29) is 5.91 Å². The van der Waals surface area contributed by atoms with Crippen LogP contribution in [0.15, 0.2) is 0 Å². The van der Waals surface area contributed by atoms with Crippen molar-refractivity contribution in [2.45, 2.75) is 19.3 Å². The molecule has 0 aromatic heterocycles. The van der Waals surface area contributed by atoms with Crippen molar-refractivity contribution < 1.29 is 9.53 Å². The Morgan fingerprint density at radius 2 is 2.30 bits per heavy atom. The van der Waals surface area contributed by atoms with Crippen molar-refractivity contribution in [3.8, 4) is 0 Å². The largest absolute Gasteiger partial charge is 0.385 e. The summed E-state index contributed by atoms with van der Waals surface area (Å²) in [5.41, 5.74) is 2.06. The number of nitrogens with two attached hydrogens (primary N) is 1. The van der Waals surface area contributed by atoms with Crippen molar-refractivity contribution in [3.05, 3.63) is 0 Å². The molecule has 0 radical (unpaired) electrons. The Morgan fingerprint density at radius 1 is 1.60 bits per heavy atom. The van der Waals surface area contributed by atoms with Crippen molar-refractivity contribution in [2.24, 2.45) is 5.84 Å². The summed E-state index contributed by atoms with van der Waals surface area (Å²) in [6.07, 6.45) is 2.22. The summed E-state index contributed by atoms with van der Waals surface area (Å²) in [5.74, 6) is 4.74. The predicted octanol–water partition coefficient (Wildman–Crippen LogP) is -0.207. The van der Waals surface area contributed by atoms with Crippen molar-refractivity contribution in [3.63, 3.8) is 0 Å². The average Bonchev–Trinajstić information content (AvgIpc) is 1.98. The van der Waals surface area contributed by atoms with Gasteiger partial charge in [-0.25, -0.2) is 5.84 Å². The molecular formula is C6H14N2O2. The van der Waals surface area contributed by atoms with Crippen LogP contribution in [-0.2, 0) is 9.53 Å². The predicted molar refractivity (Wildman–Crippen MR) is 38.1 cm³/mol. The van der Waals surface area contributed by atoms with E-state index in [9.17, 15) is 4.79 Å². The summed E-state index contributed by atoms with van der Waals surface area (Å²) in [5, 5.41) is 0. The lowest BCUT2D eigenvalue weighted by Gasteiger charge is -1.98. The Labute approximate surface area is 60.7 Å². The first kappa shape index (κ1) is 9.39. The first-order valence-electron chi connectivity index (χ1n) is 3.29. The van der Waals surface area contributed by atoms with Gasteiger partial charge in [0.2, 0.25) is 5.91 Å². The molecule has 0 saturated carbocycles. The van der Waals surface area contributed by atoms with Crippen LogP contribution in [0.1, 0.15) is 19.3 Å². The van der Waals surface area contributed by atoms with Gasteiger partial charge in [0.25, 0.3) is 0 Å². The van der Waals surface area contributed by atoms with Crippen LogP contribution in [0.5, 0.6) is 0 Å². The highest BCUT2D eigenvalue weighted by atomic mass is 16.5. The van der Waals surface area contributed by atoms with Crippen molar-refractivity contribution >= 4 is 5.91 Å². The number of methoxy groups -OCH3 is 1. The van der Waals surface area contributed by atoms with E-state index in [1.54, 1.807) is 7.11 Å². The molecule has 3 N–H and O–H groups in total. The van der Waals surface area contributed by atoms with E-state index >= 15 is 0 Å². The van der Waals surface area contributed by atoms with Gasteiger partial charge in [-0.3, -0.25) is 10.2 Å². The van der Waals surface area contributed by atoms with Crippen LogP contribution in [0.2, 0.25) is 0 Å².